The maximum absolute atomic E-state index is 13.2. The van der Waals surface area contributed by atoms with Crippen molar-refractivity contribution < 1.29 is 14.3 Å². The summed E-state index contributed by atoms with van der Waals surface area (Å²) in [6.45, 7) is 8.46. The minimum Gasteiger partial charge on any atom is -0.493 e. The molecule has 1 aliphatic rings. The third-order valence-electron chi connectivity index (χ3n) is 8.54. The highest BCUT2D eigenvalue weighted by Gasteiger charge is 2.28. The predicted molar refractivity (Wildman–Crippen MR) is 179 cm³/mol. The molecule has 0 amide bonds. The van der Waals surface area contributed by atoms with Crippen LogP contribution >= 0.6 is 23.4 Å². The zero-order valence-electron chi connectivity index (χ0n) is 26.9. The van der Waals surface area contributed by atoms with Crippen LogP contribution in [0, 0.1) is 20.8 Å². The number of methoxy groups -OCH3 is 1. The van der Waals surface area contributed by atoms with Gasteiger partial charge in [-0.15, -0.1) is 11.8 Å². The van der Waals surface area contributed by atoms with E-state index in [0.29, 0.717) is 43.4 Å². The van der Waals surface area contributed by atoms with E-state index in [1.165, 1.54) is 7.11 Å². The molecule has 0 spiro atoms. The number of carbonyl (C=O) groups excluding carboxylic acids is 1. The molecule has 0 N–H and O–H groups in total. The van der Waals surface area contributed by atoms with E-state index in [1.807, 2.05) is 42.5 Å². The fourth-order valence-corrected chi connectivity index (χ4v) is 7.69. The van der Waals surface area contributed by atoms with Gasteiger partial charge in [0.15, 0.2) is 0 Å². The largest absolute Gasteiger partial charge is 0.493 e. The Morgan fingerprint density at radius 3 is 2.58 bits per heavy atom. The number of esters is 1. The second-order valence-corrected chi connectivity index (χ2v) is 13.3. The fourth-order valence-electron chi connectivity index (χ4n) is 6.38. The predicted octanol–water partition coefficient (Wildman–Crippen LogP) is 6.85. The van der Waals surface area contributed by atoms with E-state index in [9.17, 15) is 4.79 Å². The molecule has 0 atom stereocenters. The summed E-state index contributed by atoms with van der Waals surface area (Å²) in [5.41, 5.74) is 9.38. The van der Waals surface area contributed by atoms with Crippen molar-refractivity contribution in [3.63, 3.8) is 0 Å². The van der Waals surface area contributed by atoms with Crippen LogP contribution in [-0.4, -0.2) is 55.8 Å². The Bertz CT molecular complexity index is 1920. The first-order valence-corrected chi connectivity index (χ1v) is 16.4. The van der Waals surface area contributed by atoms with E-state index in [0.717, 1.165) is 72.3 Å². The highest BCUT2D eigenvalue weighted by molar-refractivity contribution is 7.98. The van der Waals surface area contributed by atoms with Gasteiger partial charge >= 0.3 is 5.97 Å². The van der Waals surface area contributed by atoms with Gasteiger partial charge in [-0.1, -0.05) is 11.6 Å². The van der Waals surface area contributed by atoms with Crippen molar-refractivity contribution >= 4 is 40.2 Å². The zero-order chi connectivity index (χ0) is 32.0. The first kappa shape index (κ1) is 31.3. The molecule has 0 radical (unpaired) electrons. The van der Waals surface area contributed by atoms with Crippen LogP contribution in [0.5, 0.6) is 5.75 Å². The lowest BCUT2D eigenvalue weighted by atomic mass is 9.96. The molecule has 0 aliphatic carbocycles. The molecule has 0 fully saturated rings. The van der Waals surface area contributed by atoms with Crippen LogP contribution in [0.3, 0.4) is 0 Å². The normalized spacial score (nSPS) is 14.7. The third kappa shape index (κ3) is 5.98. The second-order valence-electron chi connectivity index (χ2n) is 11.9. The van der Waals surface area contributed by atoms with E-state index < -0.39 is 0 Å². The summed E-state index contributed by atoms with van der Waals surface area (Å²) in [4.78, 5) is 16.6. The Balaban J connectivity index is 1.51. The summed E-state index contributed by atoms with van der Waals surface area (Å²) < 4.78 is 17.5. The molecular formula is C34H39ClN6O3S. The average molecular weight is 647 g/mol. The number of hydrogen-bond donors (Lipinski definition) is 0. The first-order valence-electron chi connectivity index (χ1n) is 15.1. The molecule has 236 valence electrons. The maximum Gasteiger partial charge on any atom is 0.354 e. The van der Waals surface area contributed by atoms with Gasteiger partial charge in [0.2, 0.25) is 0 Å². The van der Waals surface area contributed by atoms with Crippen molar-refractivity contribution in [2.75, 3.05) is 20.8 Å². The van der Waals surface area contributed by atoms with E-state index in [1.54, 1.807) is 11.8 Å². The number of ether oxygens (including phenoxy) is 2. The van der Waals surface area contributed by atoms with E-state index in [2.05, 4.69) is 54.6 Å². The molecule has 11 heteroatoms. The van der Waals surface area contributed by atoms with E-state index in [-0.39, 0.29) is 5.97 Å². The molecule has 0 unspecified atom stereocenters. The van der Waals surface area contributed by atoms with Crippen LogP contribution in [-0.2, 0) is 44.2 Å². The molecule has 3 aromatic heterocycles. The topological polar surface area (TPSA) is 79.3 Å². The first-order chi connectivity index (χ1) is 21.5. The van der Waals surface area contributed by atoms with Gasteiger partial charge < -0.3 is 14.0 Å². The van der Waals surface area contributed by atoms with Crippen molar-refractivity contribution in [2.24, 2.45) is 14.1 Å². The number of nitrogens with zero attached hydrogens (tertiary/aromatic N) is 6. The van der Waals surface area contributed by atoms with Crippen molar-refractivity contribution in [1.29, 1.82) is 0 Å². The molecule has 9 nitrogen and oxygen atoms in total. The minimum atomic E-state index is -0.376. The Morgan fingerprint density at radius 1 is 1.00 bits per heavy atom. The van der Waals surface area contributed by atoms with Crippen LogP contribution in [0.15, 0.2) is 41.3 Å². The van der Waals surface area contributed by atoms with Gasteiger partial charge in [0, 0.05) is 82.8 Å². The molecule has 4 heterocycles. The molecule has 5 aromatic rings. The van der Waals surface area contributed by atoms with Crippen LogP contribution in [0.2, 0.25) is 5.02 Å². The smallest absolute Gasteiger partial charge is 0.354 e. The number of hydrogen-bond acceptors (Lipinski definition) is 7. The lowest BCUT2D eigenvalue weighted by Gasteiger charge is -2.16. The number of benzene rings is 2. The highest BCUT2D eigenvalue weighted by Crippen LogP contribution is 2.42. The minimum absolute atomic E-state index is 0.376. The van der Waals surface area contributed by atoms with Crippen molar-refractivity contribution in [3.8, 4) is 16.9 Å². The monoisotopic (exact) mass is 646 g/mol. The second kappa shape index (κ2) is 12.6. The summed E-state index contributed by atoms with van der Waals surface area (Å²) >= 11 is 8.82. The van der Waals surface area contributed by atoms with Gasteiger partial charge in [-0.2, -0.15) is 10.2 Å². The Labute approximate surface area is 273 Å². The van der Waals surface area contributed by atoms with Crippen molar-refractivity contribution in [3.05, 3.63) is 81.0 Å². The standard InChI is InChI=1S/C34H39ClN6O3S/c1-20-13-25-16-26(14-20)45-19-24-15-23(36-40(24)6)17-38(4)18-28-31(22(3)39(5)37-28)32-27(35)9-10-29-30(32)21(2)33(34(42)43-7)41(29)11-8-12-44-25/h9-10,13-16H,8,11-12,17-19H2,1-7H3. The summed E-state index contributed by atoms with van der Waals surface area (Å²) in [6.07, 6.45) is 0.696. The lowest BCUT2D eigenvalue weighted by Crippen LogP contribution is -2.18. The molecule has 2 aromatic carbocycles. The summed E-state index contributed by atoms with van der Waals surface area (Å²) in [5.74, 6) is 1.26. The summed E-state index contributed by atoms with van der Waals surface area (Å²) in [7, 11) is 7.47. The van der Waals surface area contributed by atoms with Crippen LogP contribution < -0.4 is 4.74 Å². The Morgan fingerprint density at radius 2 is 1.80 bits per heavy atom. The summed E-state index contributed by atoms with van der Waals surface area (Å²) in [5, 5.41) is 11.3. The van der Waals surface area contributed by atoms with Gasteiger partial charge in [-0.25, -0.2) is 4.79 Å². The molecule has 1 aliphatic heterocycles. The number of fused-ring (bicyclic) bond motifs is 6. The number of rotatable bonds is 1. The molecule has 0 saturated heterocycles. The number of thioether (sulfide) groups is 1. The summed E-state index contributed by atoms with van der Waals surface area (Å²) in [6, 6.07) is 12.4. The molecule has 6 rings (SSSR count). The van der Waals surface area contributed by atoms with Gasteiger partial charge in [0.1, 0.15) is 11.4 Å². The molecule has 8 bridgehead atoms. The van der Waals surface area contributed by atoms with Crippen LogP contribution in [0.4, 0.5) is 0 Å². The molecule has 45 heavy (non-hydrogen) atoms. The SMILES string of the molecule is COC(=O)c1c(C)c2c3c(Cl)ccc2n1CCCOc1cc(C)cc(c1)SCc1cc(nn1C)CN(C)Cc1nn(C)c(C)c1-3. The van der Waals surface area contributed by atoms with Gasteiger partial charge in [-0.3, -0.25) is 14.3 Å². The Kier molecular flexibility index (Phi) is 8.74. The Hall–Kier alpha value is -3.73. The number of carbonyl (C=O) groups is 1. The third-order valence-corrected chi connectivity index (χ3v) is 9.87. The number of aryl methyl sites for hydroxylation is 5. The van der Waals surface area contributed by atoms with Gasteiger partial charge in [-0.05, 0) is 81.8 Å². The van der Waals surface area contributed by atoms with E-state index in [4.69, 9.17) is 31.3 Å². The van der Waals surface area contributed by atoms with Crippen LogP contribution in [0.25, 0.3) is 22.0 Å². The lowest BCUT2D eigenvalue weighted by molar-refractivity contribution is 0.0587. The molecular weight excluding hydrogens is 608 g/mol. The van der Waals surface area contributed by atoms with Gasteiger partial charge in [0.05, 0.1) is 25.1 Å². The van der Waals surface area contributed by atoms with Crippen molar-refractivity contribution in [1.82, 2.24) is 29.0 Å². The fraction of sp³-hybridized carbons (Fsp3) is 0.382. The maximum atomic E-state index is 13.2. The highest BCUT2D eigenvalue weighted by atomic mass is 35.5. The molecule has 0 saturated carbocycles. The quantitative estimate of drug-likeness (QED) is 0.184. The van der Waals surface area contributed by atoms with Crippen LogP contribution in [0.1, 0.15) is 50.8 Å². The number of aromatic nitrogens is 5. The number of halogens is 1. The zero-order valence-corrected chi connectivity index (χ0v) is 28.5. The van der Waals surface area contributed by atoms with Crippen molar-refractivity contribution in [2.45, 2.75) is 57.5 Å². The average Bonchev–Trinajstić information content (AvgIpc) is 3.58. The van der Waals surface area contributed by atoms with E-state index >= 15 is 0 Å². The van der Waals surface area contributed by atoms with Gasteiger partial charge in [0.25, 0.3) is 0 Å².